The van der Waals surface area contributed by atoms with Crippen LogP contribution in [0.2, 0.25) is 0 Å². The van der Waals surface area contributed by atoms with Gasteiger partial charge in [-0.2, -0.15) is 5.26 Å². The average Bonchev–Trinajstić information content (AvgIpc) is 3.37. The summed E-state index contributed by atoms with van der Waals surface area (Å²) in [6.45, 7) is 3.43. The second-order valence-electron chi connectivity index (χ2n) is 8.18. The van der Waals surface area contributed by atoms with Crippen LogP contribution >= 0.6 is 24.2 Å². The van der Waals surface area contributed by atoms with E-state index in [-0.39, 0.29) is 23.1 Å². The first-order valence-electron chi connectivity index (χ1n) is 11.6. The van der Waals surface area contributed by atoms with Gasteiger partial charge < -0.3 is 30.2 Å². The van der Waals surface area contributed by atoms with Crippen molar-refractivity contribution in [2.75, 3.05) is 13.2 Å². The van der Waals surface area contributed by atoms with E-state index in [4.69, 9.17) is 30.2 Å². The number of nitriles is 1. The molecule has 0 saturated carbocycles. The topological polar surface area (TPSA) is 149 Å². The number of aliphatic imine (C=N–C) groups is 1. The predicted octanol–water partition coefficient (Wildman–Crippen LogP) is 5.50. The van der Waals surface area contributed by atoms with Crippen LogP contribution in [0.3, 0.4) is 0 Å². The normalized spacial score (nSPS) is 14.6. The molecule has 5 N–H and O–H groups in total. The molecule has 0 atom stereocenters. The number of thiazole rings is 1. The van der Waals surface area contributed by atoms with Crippen LogP contribution in [0.1, 0.15) is 22.7 Å². The summed E-state index contributed by atoms with van der Waals surface area (Å²) in [4.78, 5) is 9.47. The fraction of sp³-hybridized carbons (Fsp3) is 0.269. The van der Waals surface area contributed by atoms with Crippen molar-refractivity contribution in [2.24, 2.45) is 22.4 Å². The largest absolute Gasteiger partial charge is 0.488 e. The molecule has 0 unspecified atom stereocenters. The Hall–Kier alpha value is -3.63. The van der Waals surface area contributed by atoms with E-state index in [0.29, 0.717) is 42.7 Å². The van der Waals surface area contributed by atoms with Gasteiger partial charge in [-0.3, -0.25) is 0 Å². The van der Waals surface area contributed by atoms with Gasteiger partial charge in [-0.15, -0.1) is 11.3 Å². The maximum atomic E-state index is 14.1. The molecule has 1 aromatic heterocycles. The molecule has 2 heterocycles. The van der Waals surface area contributed by atoms with Crippen LogP contribution in [0.5, 0.6) is 17.2 Å². The highest BCUT2D eigenvalue weighted by molar-refractivity contribution is 7.74. The van der Waals surface area contributed by atoms with E-state index in [1.165, 1.54) is 23.5 Å². The Labute approximate surface area is 229 Å². The van der Waals surface area contributed by atoms with Crippen molar-refractivity contribution in [3.63, 3.8) is 0 Å². The molecule has 1 saturated heterocycles. The zero-order valence-electron chi connectivity index (χ0n) is 20.6. The van der Waals surface area contributed by atoms with Crippen molar-refractivity contribution in [1.29, 1.82) is 5.26 Å². The van der Waals surface area contributed by atoms with Crippen molar-refractivity contribution in [2.45, 2.75) is 26.4 Å². The molecule has 9 nitrogen and oxygen atoms in total. The maximum absolute atomic E-state index is 14.1. The van der Waals surface area contributed by atoms with Gasteiger partial charge in [0.05, 0.1) is 21.3 Å². The highest BCUT2D eigenvalue weighted by Crippen LogP contribution is 2.29. The minimum absolute atomic E-state index is 0.0516. The van der Waals surface area contributed by atoms with E-state index < -0.39 is 5.82 Å². The Balaban J connectivity index is 0.00000195. The van der Waals surface area contributed by atoms with Gasteiger partial charge in [0.15, 0.2) is 5.71 Å². The van der Waals surface area contributed by atoms with Crippen LogP contribution < -0.4 is 20.9 Å². The highest BCUT2D eigenvalue weighted by Gasteiger charge is 2.20. The lowest BCUT2D eigenvalue weighted by atomic mass is 9.94. The van der Waals surface area contributed by atoms with Gasteiger partial charge in [0.1, 0.15) is 35.7 Å². The lowest BCUT2D eigenvalue weighted by molar-refractivity contribution is 0.0752. The Kier molecular flexibility index (Phi) is 10.9. The molecule has 0 aliphatic carbocycles. The first kappa shape index (κ1) is 28.9. The first-order valence-corrected chi connectivity index (χ1v) is 12.8. The van der Waals surface area contributed by atoms with Gasteiger partial charge in [-0.05, 0) is 56.9 Å². The highest BCUT2D eigenvalue weighted by atomic mass is 32.1. The van der Waals surface area contributed by atoms with E-state index in [2.05, 4.69) is 22.9 Å². The average molecular weight is 558 g/mol. The SMILES string of the molecule is Cc1ncc(COc2cc(F)cc(Oc3ccc(N=C(C#N)/C(N)=C(\N)C4CCOCC4)cc3)c2)s1.OS. The standard InChI is InChI=1S/C26H26FN5O3S.H2OS/c1-16-31-14-23(36-16)15-34-21-10-18(27)11-22(12-21)35-20-4-2-19(3-5-20)32-24(13-28)26(30)25(29)17-6-8-33-9-7-17;1-2/h2-5,10-12,14,17H,6-9,15,29-30H2,1H3;1-2H/b26-25+,32-24?;. The third kappa shape index (κ3) is 8.19. The Morgan fingerprint density at radius 1 is 1.18 bits per heavy atom. The number of thiol groups is 1. The number of hydrogen-bond acceptors (Lipinski definition) is 11. The molecule has 0 bridgehead atoms. The number of benzene rings is 2. The molecular formula is C26H28FN5O4S2. The quantitative estimate of drug-likeness (QED) is 0.161. The number of rotatable bonds is 8. The molecule has 4 rings (SSSR count). The molecule has 1 fully saturated rings. The van der Waals surface area contributed by atoms with E-state index in [0.717, 1.165) is 22.7 Å². The van der Waals surface area contributed by atoms with Crippen molar-refractivity contribution in [1.82, 2.24) is 4.98 Å². The Morgan fingerprint density at radius 2 is 1.87 bits per heavy atom. The van der Waals surface area contributed by atoms with Crippen LogP contribution in [-0.4, -0.2) is 28.5 Å². The summed E-state index contributed by atoms with van der Waals surface area (Å²) >= 11 is 4.05. The van der Waals surface area contributed by atoms with Crippen LogP contribution in [0.4, 0.5) is 10.1 Å². The molecule has 0 spiro atoms. The molecule has 3 aromatic rings. The number of aryl methyl sites for hydroxylation is 1. The monoisotopic (exact) mass is 557 g/mol. The van der Waals surface area contributed by atoms with Crippen molar-refractivity contribution < 1.29 is 23.2 Å². The minimum Gasteiger partial charge on any atom is -0.488 e. The van der Waals surface area contributed by atoms with Crippen LogP contribution in [-0.2, 0) is 11.3 Å². The molecule has 0 radical (unpaired) electrons. The third-order valence-electron chi connectivity index (χ3n) is 5.54. The van der Waals surface area contributed by atoms with Crippen LogP contribution in [0.15, 0.2) is 65.0 Å². The van der Waals surface area contributed by atoms with Crippen LogP contribution in [0.25, 0.3) is 0 Å². The molecule has 1 aliphatic heterocycles. The number of aromatic nitrogens is 1. The van der Waals surface area contributed by atoms with Gasteiger partial charge in [-0.25, -0.2) is 14.4 Å². The lowest BCUT2D eigenvalue weighted by Gasteiger charge is -2.23. The van der Waals surface area contributed by atoms with Crippen molar-refractivity contribution >= 4 is 35.6 Å². The van der Waals surface area contributed by atoms with Gasteiger partial charge in [-0.1, -0.05) is 0 Å². The Morgan fingerprint density at radius 3 is 2.50 bits per heavy atom. The molecule has 38 heavy (non-hydrogen) atoms. The van der Waals surface area contributed by atoms with E-state index in [1.807, 2.05) is 13.0 Å². The summed E-state index contributed by atoms with van der Waals surface area (Å²) < 4.78 is 37.7. The molecule has 0 amide bonds. The summed E-state index contributed by atoms with van der Waals surface area (Å²) in [5.74, 6) is 0.690. The number of nitrogens with two attached hydrogens (primary N) is 2. The van der Waals surface area contributed by atoms with Crippen molar-refractivity contribution in [3.8, 4) is 23.3 Å². The second-order valence-corrected chi connectivity index (χ2v) is 9.50. The maximum Gasteiger partial charge on any atom is 0.165 e. The lowest BCUT2D eigenvalue weighted by Crippen LogP contribution is -2.27. The zero-order valence-corrected chi connectivity index (χ0v) is 22.3. The molecule has 200 valence electrons. The third-order valence-corrected chi connectivity index (χ3v) is 6.43. The fourth-order valence-electron chi connectivity index (χ4n) is 3.67. The minimum atomic E-state index is -0.479. The summed E-state index contributed by atoms with van der Waals surface area (Å²) in [5.41, 5.74) is 13.6. The summed E-state index contributed by atoms with van der Waals surface area (Å²) in [5, 5.41) is 10.5. The molecule has 2 aromatic carbocycles. The predicted molar refractivity (Wildman–Crippen MR) is 147 cm³/mol. The number of allylic oxidation sites excluding steroid dienone is 2. The molecule has 12 heteroatoms. The zero-order chi connectivity index (χ0) is 27.5. The second kappa shape index (κ2) is 14.3. The summed E-state index contributed by atoms with van der Waals surface area (Å²) in [7, 11) is 0. The smallest absolute Gasteiger partial charge is 0.165 e. The van der Waals surface area contributed by atoms with Crippen molar-refractivity contribution in [3.05, 3.63) is 75.8 Å². The van der Waals surface area contributed by atoms with Gasteiger partial charge >= 0.3 is 0 Å². The van der Waals surface area contributed by atoms with E-state index in [1.54, 1.807) is 36.5 Å². The molecule has 1 aliphatic rings. The number of hydrogen-bond donors (Lipinski definition) is 4. The first-order chi connectivity index (χ1) is 18.4. The van der Waals surface area contributed by atoms with E-state index in [9.17, 15) is 9.65 Å². The van der Waals surface area contributed by atoms with Gasteiger partial charge in [0.25, 0.3) is 0 Å². The molecular weight excluding hydrogens is 529 g/mol. The fourth-order valence-corrected chi connectivity index (χ4v) is 4.38. The Bertz CT molecular complexity index is 1320. The van der Waals surface area contributed by atoms with Gasteiger partial charge in [0, 0.05) is 49.2 Å². The van der Waals surface area contributed by atoms with Crippen LogP contribution in [0, 0.1) is 30.0 Å². The van der Waals surface area contributed by atoms with Gasteiger partial charge in [0.2, 0.25) is 0 Å². The summed E-state index contributed by atoms with van der Waals surface area (Å²) in [6, 6.07) is 12.9. The summed E-state index contributed by atoms with van der Waals surface area (Å²) in [6.07, 6.45) is 3.26. The number of nitrogens with zero attached hydrogens (tertiary/aromatic N) is 3. The number of halogens is 1. The number of ether oxygens (including phenoxy) is 3. The van der Waals surface area contributed by atoms with E-state index >= 15 is 0 Å².